The average Bonchev–Trinajstić information content (AvgIpc) is 2.96. The van der Waals surface area contributed by atoms with Crippen LogP contribution in [0.4, 0.5) is 0 Å². The Labute approximate surface area is 232 Å². The quantitative estimate of drug-likeness (QED) is 0.111. The van der Waals surface area contributed by atoms with Gasteiger partial charge in [-0.05, 0) is 86.2 Å². The molecule has 0 saturated carbocycles. The molecule has 0 saturated heterocycles. The van der Waals surface area contributed by atoms with Crippen LogP contribution in [-0.4, -0.2) is 24.6 Å². The summed E-state index contributed by atoms with van der Waals surface area (Å²) in [5.41, 5.74) is 0.172. The summed E-state index contributed by atoms with van der Waals surface area (Å²) in [5.74, 6) is 1.25. The van der Waals surface area contributed by atoms with E-state index in [2.05, 4.69) is 27.7 Å². The van der Waals surface area contributed by atoms with Crippen molar-refractivity contribution < 1.29 is 28.5 Å². The Hall–Kier alpha value is -3.80. The van der Waals surface area contributed by atoms with Crippen LogP contribution in [0.1, 0.15) is 86.9 Å². The van der Waals surface area contributed by atoms with E-state index in [1.165, 1.54) is 0 Å². The third kappa shape index (κ3) is 9.47. The fraction of sp³-hybridized carbons (Fsp3) is 0.394. The molecule has 0 spiro atoms. The van der Waals surface area contributed by atoms with Crippen LogP contribution in [0, 0.1) is 5.92 Å². The second-order valence-corrected chi connectivity index (χ2v) is 9.71. The number of carbonyl (C=O) groups excluding carboxylic acids is 2. The Balaban J connectivity index is 1.76. The molecule has 0 aliphatic heterocycles. The number of hydrogen-bond acceptors (Lipinski definition) is 6. The first-order valence-electron chi connectivity index (χ1n) is 14.0. The summed E-state index contributed by atoms with van der Waals surface area (Å²) in [7, 11) is 0. The minimum absolute atomic E-state index is 0.0738. The molecule has 208 valence electrons. The summed E-state index contributed by atoms with van der Waals surface area (Å²) >= 11 is 0. The van der Waals surface area contributed by atoms with Gasteiger partial charge >= 0.3 is 11.9 Å². The van der Waals surface area contributed by atoms with Gasteiger partial charge in [0.05, 0.1) is 23.8 Å². The zero-order valence-electron chi connectivity index (χ0n) is 23.5. The maximum absolute atomic E-state index is 13.3. The van der Waals surface area contributed by atoms with Crippen LogP contribution < -0.4 is 18.9 Å². The number of rotatable bonds is 15. The first kappa shape index (κ1) is 29.8. The summed E-state index contributed by atoms with van der Waals surface area (Å²) in [5, 5.41) is 0. The molecule has 3 aromatic carbocycles. The zero-order valence-corrected chi connectivity index (χ0v) is 23.5. The normalized spacial score (nSPS) is 12.3. The summed E-state index contributed by atoms with van der Waals surface area (Å²) in [6, 6.07) is 20.4. The Morgan fingerprint density at radius 3 is 1.95 bits per heavy atom. The smallest absolute Gasteiger partial charge is 0.344 e. The van der Waals surface area contributed by atoms with Crippen molar-refractivity contribution in [3.63, 3.8) is 0 Å². The van der Waals surface area contributed by atoms with Gasteiger partial charge in [-0.2, -0.15) is 0 Å². The van der Waals surface area contributed by atoms with E-state index < -0.39 is 11.9 Å². The van der Waals surface area contributed by atoms with Crippen molar-refractivity contribution in [1.29, 1.82) is 0 Å². The zero-order chi connectivity index (χ0) is 28.0. The molecule has 0 heterocycles. The lowest BCUT2D eigenvalue weighted by Crippen LogP contribution is -2.18. The lowest BCUT2D eigenvalue weighted by atomic mass is 10.0. The molecular weight excluding hydrogens is 492 g/mol. The first-order chi connectivity index (χ1) is 18.9. The van der Waals surface area contributed by atoms with Gasteiger partial charge in [0.25, 0.3) is 0 Å². The highest BCUT2D eigenvalue weighted by molar-refractivity contribution is 6.04. The molecule has 6 nitrogen and oxygen atoms in total. The van der Waals surface area contributed by atoms with E-state index in [1.807, 2.05) is 6.07 Å². The fourth-order valence-electron chi connectivity index (χ4n) is 4.05. The van der Waals surface area contributed by atoms with E-state index in [-0.39, 0.29) is 17.2 Å². The molecule has 0 fully saturated rings. The standard InChI is InChI=1S/C33H40O6/c1-5-12-25(7-3)37-27-16-18-28(19-17-27)39-33(35)31-23-29(36-22-11-13-24(4)6-2)20-21-30(31)32(34)38-26-14-9-8-10-15-26/h8-10,14-21,23-25H,5-7,11-13,22H2,1-4H3. The predicted molar refractivity (Wildman–Crippen MR) is 153 cm³/mol. The van der Waals surface area contributed by atoms with Gasteiger partial charge in [-0.15, -0.1) is 0 Å². The van der Waals surface area contributed by atoms with E-state index in [0.29, 0.717) is 29.8 Å². The molecule has 2 unspecified atom stereocenters. The van der Waals surface area contributed by atoms with E-state index in [0.717, 1.165) is 44.3 Å². The van der Waals surface area contributed by atoms with Gasteiger partial charge in [0.15, 0.2) is 0 Å². The molecule has 0 amide bonds. The third-order valence-corrected chi connectivity index (χ3v) is 6.59. The van der Waals surface area contributed by atoms with Crippen LogP contribution in [0.15, 0.2) is 72.8 Å². The maximum atomic E-state index is 13.3. The molecule has 0 aliphatic carbocycles. The van der Waals surface area contributed by atoms with Crippen molar-refractivity contribution in [3.8, 4) is 23.0 Å². The number of hydrogen-bond donors (Lipinski definition) is 0. The van der Waals surface area contributed by atoms with Crippen LogP contribution in [-0.2, 0) is 0 Å². The second kappa shape index (κ2) is 15.6. The maximum Gasteiger partial charge on any atom is 0.344 e. The van der Waals surface area contributed by atoms with Crippen molar-refractivity contribution in [3.05, 3.63) is 83.9 Å². The van der Waals surface area contributed by atoms with Crippen molar-refractivity contribution in [2.75, 3.05) is 6.61 Å². The molecule has 0 radical (unpaired) electrons. The topological polar surface area (TPSA) is 71.1 Å². The Bertz CT molecular complexity index is 1170. The highest BCUT2D eigenvalue weighted by Gasteiger charge is 2.22. The number of esters is 2. The lowest BCUT2D eigenvalue weighted by molar-refractivity contribution is 0.0691. The van der Waals surface area contributed by atoms with Gasteiger partial charge in [-0.25, -0.2) is 9.59 Å². The van der Waals surface area contributed by atoms with Crippen molar-refractivity contribution in [2.24, 2.45) is 5.92 Å². The number of ether oxygens (including phenoxy) is 4. The van der Waals surface area contributed by atoms with Crippen LogP contribution in [0.2, 0.25) is 0 Å². The van der Waals surface area contributed by atoms with Crippen LogP contribution in [0.3, 0.4) is 0 Å². The molecular formula is C33H40O6. The Morgan fingerprint density at radius 2 is 1.31 bits per heavy atom. The Morgan fingerprint density at radius 1 is 0.692 bits per heavy atom. The number of para-hydroxylation sites is 1. The lowest BCUT2D eigenvalue weighted by Gasteiger charge is -2.17. The van der Waals surface area contributed by atoms with Gasteiger partial charge in [0, 0.05) is 0 Å². The molecule has 0 N–H and O–H groups in total. The number of benzene rings is 3. The molecule has 3 rings (SSSR count). The molecule has 0 bridgehead atoms. The summed E-state index contributed by atoms with van der Waals surface area (Å²) < 4.78 is 23.1. The van der Waals surface area contributed by atoms with Crippen molar-refractivity contribution in [2.45, 2.75) is 72.3 Å². The Kier molecular flexibility index (Phi) is 11.9. The van der Waals surface area contributed by atoms with E-state index in [9.17, 15) is 9.59 Å². The van der Waals surface area contributed by atoms with Crippen LogP contribution in [0.5, 0.6) is 23.0 Å². The fourth-order valence-corrected chi connectivity index (χ4v) is 4.05. The summed E-state index contributed by atoms with van der Waals surface area (Å²) in [4.78, 5) is 26.3. The van der Waals surface area contributed by atoms with Crippen LogP contribution in [0.25, 0.3) is 0 Å². The number of carbonyl (C=O) groups is 2. The van der Waals surface area contributed by atoms with E-state index in [4.69, 9.17) is 18.9 Å². The first-order valence-corrected chi connectivity index (χ1v) is 14.0. The minimum atomic E-state index is -0.675. The van der Waals surface area contributed by atoms with E-state index in [1.54, 1.807) is 66.7 Å². The third-order valence-electron chi connectivity index (χ3n) is 6.59. The average molecular weight is 533 g/mol. The van der Waals surface area contributed by atoms with Gasteiger partial charge < -0.3 is 18.9 Å². The molecule has 0 aliphatic rings. The predicted octanol–water partition coefficient (Wildman–Crippen LogP) is 8.29. The highest BCUT2D eigenvalue weighted by atomic mass is 16.5. The van der Waals surface area contributed by atoms with Gasteiger partial charge in [0.1, 0.15) is 23.0 Å². The highest BCUT2D eigenvalue weighted by Crippen LogP contribution is 2.25. The molecule has 6 heteroatoms. The molecule has 3 aromatic rings. The molecule has 0 aromatic heterocycles. The van der Waals surface area contributed by atoms with E-state index >= 15 is 0 Å². The SMILES string of the molecule is CCCC(CC)Oc1ccc(OC(=O)c2cc(OCCCC(C)CC)ccc2C(=O)Oc2ccccc2)cc1. The molecule has 39 heavy (non-hydrogen) atoms. The second-order valence-electron chi connectivity index (χ2n) is 9.71. The summed E-state index contributed by atoms with van der Waals surface area (Å²) in [6.45, 7) is 9.13. The summed E-state index contributed by atoms with van der Waals surface area (Å²) in [6.07, 6.45) is 6.17. The van der Waals surface area contributed by atoms with Crippen molar-refractivity contribution >= 4 is 11.9 Å². The van der Waals surface area contributed by atoms with Crippen molar-refractivity contribution in [1.82, 2.24) is 0 Å². The van der Waals surface area contributed by atoms with Gasteiger partial charge in [0.2, 0.25) is 0 Å². The molecule has 2 atom stereocenters. The monoisotopic (exact) mass is 532 g/mol. The van der Waals surface area contributed by atoms with Gasteiger partial charge in [-0.1, -0.05) is 58.7 Å². The minimum Gasteiger partial charge on any atom is -0.494 e. The largest absolute Gasteiger partial charge is 0.494 e. The van der Waals surface area contributed by atoms with Gasteiger partial charge in [-0.3, -0.25) is 0 Å². The van der Waals surface area contributed by atoms with Crippen LogP contribution >= 0.6 is 0 Å².